The van der Waals surface area contributed by atoms with Gasteiger partial charge >= 0.3 is 5.69 Å². The van der Waals surface area contributed by atoms with Crippen molar-refractivity contribution < 1.29 is 33.1 Å². The standard InChI is InChI=1S/C28H47NO8Si/c1-18(14-21-26(35-9)22(29(31)32)16-24(34-8)27(21)36-10)15-23(33-7)25(20(3)13-19(2)17-30)37-38(11,12)28(4,5)6/h13,16-18,20,23,25H,14-15H2,1-12H3/b19-13+/t18-,20+,23+,25-/m1/s1. The van der Waals surface area contributed by atoms with Gasteiger partial charge in [-0.3, -0.25) is 14.9 Å². The second kappa shape index (κ2) is 14.1. The van der Waals surface area contributed by atoms with Crippen LogP contribution in [0.15, 0.2) is 17.7 Å². The Hall–Kier alpha value is -2.43. The molecule has 10 heteroatoms. The van der Waals surface area contributed by atoms with Gasteiger partial charge in [-0.25, -0.2) is 0 Å². The fraction of sp³-hybridized carbons (Fsp3) is 0.679. The molecule has 0 spiro atoms. The zero-order chi connectivity index (χ0) is 29.4. The normalized spacial score (nSPS) is 15.8. The third kappa shape index (κ3) is 8.28. The molecule has 0 saturated carbocycles. The van der Waals surface area contributed by atoms with Crippen molar-refractivity contribution >= 4 is 20.3 Å². The average Bonchev–Trinajstić information content (AvgIpc) is 2.84. The van der Waals surface area contributed by atoms with Crippen LogP contribution in [0.5, 0.6) is 17.2 Å². The molecule has 216 valence electrons. The summed E-state index contributed by atoms with van der Waals surface area (Å²) in [5.41, 5.74) is 1.02. The van der Waals surface area contributed by atoms with Crippen molar-refractivity contribution in [1.82, 2.24) is 0 Å². The minimum Gasteiger partial charge on any atom is -0.493 e. The number of methoxy groups -OCH3 is 4. The van der Waals surface area contributed by atoms with Crippen molar-refractivity contribution in [2.45, 2.75) is 84.7 Å². The summed E-state index contributed by atoms with van der Waals surface area (Å²) < 4.78 is 29.4. The van der Waals surface area contributed by atoms with Gasteiger partial charge in [0.2, 0.25) is 5.75 Å². The SMILES string of the molecule is COc1cc([N+](=O)[O-])c(OC)c(C[C@@H](C)C[C@H](OC)[C@H](O[Si](C)(C)C(C)(C)C)[C@@H](C)/C=C(\C)C=O)c1OC. The van der Waals surface area contributed by atoms with Gasteiger partial charge in [0, 0.05) is 18.6 Å². The third-order valence-corrected chi connectivity index (χ3v) is 11.9. The monoisotopic (exact) mass is 553 g/mol. The summed E-state index contributed by atoms with van der Waals surface area (Å²) in [5.74, 6) is 0.757. The quantitative estimate of drug-likeness (QED) is 0.0810. The number of ether oxygens (including phenoxy) is 4. The van der Waals surface area contributed by atoms with E-state index in [1.807, 2.05) is 13.0 Å². The first-order valence-electron chi connectivity index (χ1n) is 12.9. The lowest BCUT2D eigenvalue weighted by molar-refractivity contribution is -0.385. The fourth-order valence-electron chi connectivity index (χ4n) is 4.37. The van der Waals surface area contributed by atoms with Crippen LogP contribution in [0.4, 0.5) is 5.69 Å². The van der Waals surface area contributed by atoms with Gasteiger partial charge < -0.3 is 23.4 Å². The van der Waals surface area contributed by atoms with Crippen LogP contribution in [0, 0.1) is 22.0 Å². The van der Waals surface area contributed by atoms with Crippen LogP contribution in [0.3, 0.4) is 0 Å². The lowest BCUT2D eigenvalue weighted by Gasteiger charge is -2.43. The minimum absolute atomic E-state index is 0.00308. The molecule has 0 bridgehead atoms. The second-order valence-electron chi connectivity index (χ2n) is 11.4. The number of allylic oxidation sites excluding steroid dienone is 1. The fourth-order valence-corrected chi connectivity index (χ4v) is 5.77. The lowest BCUT2D eigenvalue weighted by atomic mass is 9.88. The number of nitro groups is 1. The van der Waals surface area contributed by atoms with Gasteiger partial charge in [-0.05, 0) is 49.4 Å². The van der Waals surface area contributed by atoms with Gasteiger partial charge in [0.25, 0.3) is 0 Å². The largest absolute Gasteiger partial charge is 0.493 e. The number of carbonyl (C=O) groups is 1. The Balaban J connectivity index is 3.48. The first kappa shape index (κ1) is 33.6. The van der Waals surface area contributed by atoms with Crippen LogP contribution in [0.1, 0.15) is 53.5 Å². The summed E-state index contributed by atoms with van der Waals surface area (Å²) in [4.78, 5) is 22.6. The number of hydrogen-bond acceptors (Lipinski definition) is 8. The molecule has 38 heavy (non-hydrogen) atoms. The van der Waals surface area contributed by atoms with Crippen molar-refractivity contribution in [1.29, 1.82) is 0 Å². The van der Waals surface area contributed by atoms with E-state index in [4.69, 9.17) is 23.4 Å². The molecule has 9 nitrogen and oxygen atoms in total. The Morgan fingerprint density at radius 2 is 1.66 bits per heavy atom. The molecule has 0 aliphatic heterocycles. The molecule has 0 N–H and O–H groups in total. The van der Waals surface area contributed by atoms with E-state index in [1.165, 1.54) is 27.4 Å². The van der Waals surface area contributed by atoms with Crippen LogP contribution < -0.4 is 14.2 Å². The lowest BCUT2D eigenvalue weighted by Crippen LogP contribution is -2.49. The summed E-state index contributed by atoms with van der Waals surface area (Å²) in [7, 11) is 3.84. The number of benzene rings is 1. The first-order chi connectivity index (χ1) is 17.6. The predicted molar refractivity (Wildman–Crippen MR) is 152 cm³/mol. The molecule has 0 aliphatic carbocycles. The van der Waals surface area contributed by atoms with E-state index in [2.05, 4.69) is 40.8 Å². The van der Waals surface area contributed by atoms with Crippen LogP contribution in [-0.2, 0) is 20.4 Å². The van der Waals surface area contributed by atoms with Crippen molar-refractivity contribution in [2.24, 2.45) is 11.8 Å². The molecule has 0 heterocycles. The molecule has 0 radical (unpaired) electrons. The molecular weight excluding hydrogens is 506 g/mol. The molecule has 1 rings (SSSR count). The van der Waals surface area contributed by atoms with Crippen molar-refractivity contribution in [2.75, 3.05) is 28.4 Å². The molecule has 0 amide bonds. The smallest absolute Gasteiger partial charge is 0.315 e. The molecule has 1 aromatic carbocycles. The number of hydrogen-bond donors (Lipinski definition) is 0. The van der Waals surface area contributed by atoms with Gasteiger partial charge in [-0.15, -0.1) is 0 Å². The zero-order valence-corrected chi connectivity index (χ0v) is 26.2. The third-order valence-electron chi connectivity index (χ3n) is 7.42. The van der Waals surface area contributed by atoms with E-state index in [1.54, 1.807) is 14.0 Å². The molecule has 0 fully saturated rings. The number of aldehydes is 1. The maximum Gasteiger partial charge on any atom is 0.315 e. The Labute approximate surface area is 229 Å². The van der Waals surface area contributed by atoms with Crippen molar-refractivity contribution in [3.63, 3.8) is 0 Å². The van der Waals surface area contributed by atoms with Crippen LogP contribution in [0.2, 0.25) is 18.1 Å². The van der Waals surface area contributed by atoms with Crippen LogP contribution in [-0.4, -0.2) is 60.2 Å². The highest BCUT2D eigenvalue weighted by Crippen LogP contribution is 2.46. The molecular formula is C28H47NO8Si. The summed E-state index contributed by atoms with van der Waals surface area (Å²) >= 11 is 0. The Morgan fingerprint density at radius 1 is 1.08 bits per heavy atom. The van der Waals surface area contributed by atoms with E-state index >= 15 is 0 Å². The molecule has 0 saturated heterocycles. The Bertz CT molecular complexity index is 986. The molecule has 0 aliphatic rings. The van der Waals surface area contributed by atoms with Gasteiger partial charge in [0.05, 0.1) is 44.5 Å². The Kier molecular flexibility index (Phi) is 12.5. The summed E-state index contributed by atoms with van der Waals surface area (Å²) in [6.45, 7) is 16.8. The average molecular weight is 554 g/mol. The van der Waals surface area contributed by atoms with Crippen molar-refractivity contribution in [3.8, 4) is 17.2 Å². The highest BCUT2D eigenvalue weighted by Gasteiger charge is 2.42. The van der Waals surface area contributed by atoms with Gasteiger partial charge in [-0.1, -0.05) is 40.7 Å². The van der Waals surface area contributed by atoms with Gasteiger partial charge in [-0.2, -0.15) is 0 Å². The predicted octanol–water partition coefficient (Wildman–Crippen LogP) is 6.38. The van der Waals surface area contributed by atoms with Crippen molar-refractivity contribution in [3.05, 3.63) is 33.4 Å². The van der Waals surface area contributed by atoms with E-state index in [0.717, 1.165) is 6.29 Å². The molecule has 0 aromatic heterocycles. The van der Waals surface area contributed by atoms with Crippen LogP contribution >= 0.6 is 0 Å². The number of rotatable bonds is 15. The van der Waals surface area contributed by atoms with Crippen LogP contribution in [0.25, 0.3) is 0 Å². The second-order valence-corrected chi connectivity index (χ2v) is 16.2. The maximum absolute atomic E-state index is 11.8. The van der Waals surface area contributed by atoms with E-state index in [9.17, 15) is 14.9 Å². The first-order valence-corrected chi connectivity index (χ1v) is 15.8. The van der Waals surface area contributed by atoms with E-state index in [0.29, 0.717) is 29.7 Å². The van der Waals surface area contributed by atoms with Gasteiger partial charge in [0.15, 0.2) is 19.8 Å². The number of nitrogens with zero attached hydrogens (tertiary/aromatic N) is 1. The van der Waals surface area contributed by atoms with E-state index < -0.39 is 13.2 Å². The zero-order valence-electron chi connectivity index (χ0n) is 25.2. The Morgan fingerprint density at radius 3 is 2.08 bits per heavy atom. The summed E-state index contributed by atoms with van der Waals surface area (Å²) in [6, 6.07) is 1.32. The molecule has 1 aromatic rings. The summed E-state index contributed by atoms with van der Waals surface area (Å²) in [6.07, 6.45) is 3.22. The summed E-state index contributed by atoms with van der Waals surface area (Å²) in [5, 5.41) is 11.8. The number of carbonyl (C=O) groups excluding carboxylic acids is 1. The topological polar surface area (TPSA) is 106 Å². The minimum atomic E-state index is -2.19. The van der Waals surface area contributed by atoms with Gasteiger partial charge in [0.1, 0.15) is 6.29 Å². The maximum atomic E-state index is 11.8. The molecule has 4 atom stereocenters. The number of nitro benzene ring substituents is 1. The highest BCUT2D eigenvalue weighted by molar-refractivity contribution is 6.74. The molecule has 0 unspecified atom stereocenters. The van der Waals surface area contributed by atoms with E-state index in [-0.39, 0.29) is 46.3 Å². The highest BCUT2D eigenvalue weighted by atomic mass is 28.4.